The highest BCUT2D eigenvalue weighted by Gasteiger charge is 2.09. The van der Waals surface area contributed by atoms with Crippen molar-refractivity contribution in [1.82, 2.24) is 9.97 Å². The van der Waals surface area contributed by atoms with E-state index >= 15 is 0 Å². The SMILES string of the molecule is COC(=O)CSc1cc(NN)nc(C(C)C)n1. The first kappa shape index (κ1) is 13.7. The van der Waals surface area contributed by atoms with Crippen molar-refractivity contribution in [2.45, 2.75) is 24.8 Å². The molecular formula is C10H16N4O2S. The lowest BCUT2D eigenvalue weighted by atomic mass is 10.2. The van der Waals surface area contributed by atoms with Gasteiger partial charge in [0.1, 0.15) is 16.7 Å². The van der Waals surface area contributed by atoms with E-state index < -0.39 is 0 Å². The first-order chi connectivity index (χ1) is 8.06. The van der Waals surface area contributed by atoms with E-state index in [9.17, 15) is 4.79 Å². The van der Waals surface area contributed by atoms with Crippen LogP contribution in [0, 0.1) is 0 Å². The Labute approximate surface area is 104 Å². The summed E-state index contributed by atoms with van der Waals surface area (Å²) in [7, 11) is 1.36. The molecule has 0 amide bonds. The summed E-state index contributed by atoms with van der Waals surface area (Å²) in [4.78, 5) is 19.6. The van der Waals surface area contributed by atoms with Crippen molar-refractivity contribution in [2.75, 3.05) is 18.3 Å². The second-order valence-corrected chi connectivity index (χ2v) is 4.61. The average molecular weight is 256 g/mol. The van der Waals surface area contributed by atoms with Gasteiger partial charge in [-0.1, -0.05) is 25.6 Å². The molecule has 0 saturated carbocycles. The zero-order valence-corrected chi connectivity index (χ0v) is 10.9. The second kappa shape index (κ2) is 6.41. The number of carbonyl (C=O) groups excluding carboxylic acids is 1. The number of thioether (sulfide) groups is 1. The number of nitrogens with zero attached hydrogens (tertiary/aromatic N) is 2. The van der Waals surface area contributed by atoms with Crippen LogP contribution in [0.5, 0.6) is 0 Å². The molecule has 0 aromatic carbocycles. The van der Waals surface area contributed by atoms with Crippen molar-refractivity contribution in [3.05, 3.63) is 11.9 Å². The highest BCUT2D eigenvalue weighted by Crippen LogP contribution is 2.21. The van der Waals surface area contributed by atoms with Gasteiger partial charge in [-0.25, -0.2) is 15.8 Å². The molecule has 0 atom stereocenters. The summed E-state index contributed by atoms with van der Waals surface area (Å²) in [6, 6.07) is 1.69. The third-order valence-corrected chi connectivity index (χ3v) is 2.83. The first-order valence-electron chi connectivity index (χ1n) is 5.12. The molecule has 0 saturated heterocycles. The van der Waals surface area contributed by atoms with E-state index in [0.717, 1.165) is 0 Å². The molecule has 1 aromatic rings. The Hall–Kier alpha value is -1.34. The van der Waals surface area contributed by atoms with Gasteiger partial charge in [-0.15, -0.1) is 0 Å². The van der Waals surface area contributed by atoms with Crippen LogP contribution in [-0.2, 0) is 9.53 Å². The van der Waals surface area contributed by atoms with E-state index in [0.29, 0.717) is 16.7 Å². The van der Waals surface area contributed by atoms with Crippen molar-refractivity contribution < 1.29 is 9.53 Å². The Balaban J connectivity index is 2.83. The number of hydrogen-bond donors (Lipinski definition) is 2. The lowest BCUT2D eigenvalue weighted by Crippen LogP contribution is -2.11. The summed E-state index contributed by atoms with van der Waals surface area (Å²) < 4.78 is 4.56. The van der Waals surface area contributed by atoms with Crippen LogP contribution in [0.3, 0.4) is 0 Å². The number of nitrogen functional groups attached to an aromatic ring is 1. The van der Waals surface area contributed by atoms with E-state index in [1.165, 1.54) is 18.9 Å². The summed E-state index contributed by atoms with van der Waals surface area (Å²) in [5.41, 5.74) is 2.48. The number of ether oxygens (including phenoxy) is 1. The lowest BCUT2D eigenvalue weighted by Gasteiger charge is -2.08. The molecule has 1 heterocycles. The van der Waals surface area contributed by atoms with Gasteiger partial charge in [-0.05, 0) is 0 Å². The van der Waals surface area contributed by atoms with Gasteiger partial charge in [0.25, 0.3) is 0 Å². The van der Waals surface area contributed by atoms with E-state index in [1.54, 1.807) is 6.07 Å². The zero-order chi connectivity index (χ0) is 12.8. The normalized spacial score (nSPS) is 10.4. The maximum atomic E-state index is 11.0. The molecular weight excluding hydrogens is 240 g/mol. The van der Waals surface area contributed by atoms with Crippen molar-refractivity contribution in [2.24, 2.45) is 5.84 Å². The predicted molar refractivity (Wildman–Crippen MR) is 66.7 cm³/mol. The van der Waals surface area contributed by atoms with Crippen LogP contribution in [-0.4, -0.2) is 28.8 Å². The molecule has 0 aliphatic heterocycles. The maximum absolute atomic E-state index is 11.0. The van der Waals surface area contributed by atoms with Crippen LogP contribution in [0.15, 0.2) is 11.1 Å². The summed E-state index contributed by atoms with van der Waals surface area (Å²) in [5.74, 6) is 6.68. The fourth-order valence-electron chi connectivity index (χ4n) is 1.04. The average Bonchev–Trinajstić information content (AvgIpc) is 2.35. The Kier molecular flexibility index (Phi) is 5.17. The summed E-state index contributed by atoms with van der Waals surface area (Å²) in [5, 5.41) is 0.696. The number of hydrazine groups is 1. The number of carbonyl (C=O) groups is 1. The molecule has 0 radical (unpaired) electrons. The lowest BCUT2D eigenvalue weighted by molar-refractivity contribution is -0.137. The minimum atomic E-state index is -0.290. The smallest absolute Gasteiger partial charge is 0.316 e. The minimum Gasteiger partial charge on any atom is -0.468 e. The number of rotatable bonds is 5. The largest absolute Gasteiger partial charge is 0.468 e. The quantitative estimate of drug-likeness (QED) is 0.268. The van der Waals surface area contributed by atoms with Crippen LogP contribution in [0.4, 0.5) is 5.82 Å². The number of nitrogens with two attached hydrogens (primary N) is 1. The number of aromatic nitrogens is 2. The minimum absolute atomic E-state index is 0.195. The number of anilines is 1. The molecule has 0 fully saturated rings. The Morgan fingerprint density at radius 1 is 1.59 bits per heavy atom. The molecule has 0 aliphatic carbocycles. The van der Waals surface area contributed by atoms with E-state index in [2.05, 4.69) is 20.1 Å². The van der Waals surface area contributed by atoms with Gasteiger partial charge in [0, 0.05) is 12.0 Å². The third-order valence-electron chi connectivity index (χ3n) is 1.95. The van der Waals surface area contributed by atoms with Crippen molar-refractivity contribution >= 4 is 23.5 Å². The fourth-order valence-corrected chi connectivity index (χ4v) is 1.78. The molecule has 0 spiro atoms. The molecule has 17 heavy (non-hydrogen) atoms. The molecule has 0 unspecified atom stereocenters. The molecule has 0 aliphatic rings. The number of nitrogens with one attached hydrogen (secondary N) is 1. The Bertz CT molecular complexity index is 398. The van der Waals surface area contributed by atoms with Crippen molar-refractivity contribution in [3.8, 4) is 0 Å². The number of esters is 1. The molecule has 6 nitrogen and oxygen atoms in total. The monoisotopic (exact) mass is 256 g/mol. The van der Waals surface area contributed by atoms with Crippen LogP contribution in [0.25, 0.3) is 0 Å². The highest BCUT2D eigenvalue weighted by atomic mass is 32.2. The first-order valence-corrected chi connectivity index (χ1v) is 6.10. The maximum Gasteiger partial charge on any atom is 0.316 e. The standard InChI is InChI=1S/C10H16N4O2S/c1-6(2)10-12-7(14-11)4-8(13-10)17-5-9(15)16-3/h4,6H,5,11H2,1-3H3,(H,12,13,14). The molecule has 0 bridgehead atoms. The number of hydrogen-bond acceptors (Lipinski definition) is 7. The van der Waals surface area contributed by atoms with Gasteiger partial charge < -0.3 is 10.2 Å². The van der Waals surface area contributed by atoms with Crippen LogP contribution in [0.2, 0.25) is 0 Å². The van der Waals surface area contributed by atoms with Gasteiger partial charge in [0.05, 0.1) is 12.9 Å². The van der Waals surface area contributed by atoms with Crippen LogP contribution < -0.4 is 11.3 Å². The summed E-state index contributed by atoms with van der Waals surface area (Å²) in [6.45, 7) is 3.98. The van der Waals surface area contributed by atoms with Crippen LogP contribution in [0.1, 0.15) is 25.6 Å². The molecule has 94 valence electrons. The van der Waals surface area contributed by atoms with Crippen molar-refractivity contribution in [1.29, 1.82) is 0 Å². The van der Waals surface area contributed by atoms with E-state index in [1.807, 2.05) is 13.8 Å². The zero-order valence-electron chi connectivity index (χ0n) is 10.1. The fraction of sp³-hybridized carbons (Fsp3) is 0.500. The summed E-state index contributed by atoms with van der Waals surface area (Å²) >= 11 is 1.29. The molecule has 1 rings (SSSR count). The van der Waals surface area contributed by atoms with Gasteiger partial charge in [0.2, 0.25) is 0 Å². The Morgan fingerprint density at radius 3 is 2.82 bits per heavy atom. The van der Waals surface area contributed by atoms with E-state index in [4.69, 9.17) is 5.84 Å². The second-order valence-electron chi connectivity index (χ2n) is 3.61. The summed E-state index contributed by atoms with van der Waals surface area (Å²) in [6.07, 6.45) is 0. The predicted octanol–water partition coefficient (Wildman–Crippen LogP) is 1.15. The molecule has 7 heteroatoms. The molecule has 3 N–H and O–H groups in total. The van der Waals surface area contributed by atoms with Gasteiger partial charge in [-0.2, -0.15) is 0 Å². The van der Waals surface area contributed by atoms with Crippen molar-refractivity contribution in [3.63, 3.8) is 0 Å². The van der Waals surface area contributed by atoms with Gasteiger partial charge >= 0.3 is 5.97 Å². The molecule has 1 aromatic heterocycles. The van der Waals surface area contributed by atoms with E-state index in [-0.39, 0.29) is 17.6 Å². The van der Waals surface area contributed by atoms with Gasteiger partial charge in [-0.3, -0.25) is 4.79 Å². The number of methoxy groups -OCH3 is 1. The van der Waals surface area contributed by atoms with Gasteiger partial charge in [0.15, 0.2) is 0 Å². The topological polar surface area (TPSA) is 90.1 Å². The Morgan fingerprint density at radius 2 is 2.29 bits per heavy atom. The highest BCUT2D eigenvalue weighted by molar-refractivity contribution is 7.99. The third kappa shape index (κ3) is 4.20. The van der Waals surface area contributed by atoms with Crippen LogP contribution >= 0.6 is 11.8 Å².